The van der Waals surface area contributed by atoms with E-state index in [9.17, 15) is 14.4 Å². The van der Waals surface area contributed by atoms with Crippen molar-refractivity contribution in [3.8, 4) is 5.75 Å². The van der Waals surface area contributed by atoms with Gasteiger partial charge >= 0.3 is 0 Å². The summed E-state index contributed by atoms with van der Waals surface area (Å²) >= 11 is 7.53. The number of methoxy groups -OCH3 is 1. The van der Waals surface area contributed by atoms with Gasteiger partial charge in [-0.05, 0) is 80.1 Å². The van der Waals surface area contributed by atoms with E-state index in [0.717, 1.165) is 16.0 Å². The summed E-state index contributed by atoms with van der Waals surface area (Å²) in [6, 6.07) is 28.5. The molecular weight excluding hydrogens is 570 g/mol. The molecule has 0 saturated heterocycles. The lowest BCUT2D eigenvalue weighted by Gasteiger charge is -2.14. The van der Waals surface area contributed by atoms with Gasteiger partial charge in [0.25, 0.3) is 11.8 Å². The highest BCUT2D eigenvalue weighted by Gasteiger charge is 2.17. The van der Waals surface area contributed by atoms with Gasteiger partial charge in [0, 0.05) is 21.8 Å². The molecule has 42 heavy (non-hydrogen) atoms. The molecule has 0 aliphatic rings. The summed E-state index contributed by atoms with van der Waals surface area (Å²) in [6.07, 6.45) is 1.64. The molecule has 0 aliphatic carbocycles. The van der Waals surface area contributed by atoms with E-state index in [0.29, 0.717) is 27.7 Å². The van der Waals surface area contributed by atoms with E-state index >= 15 is 0 Å². The second-order valence-electron chi connectivity index (χ2n) is 9.37. The Balaban J connectivity index is 1.42. The Labute approximate surface area is 254 Å². The molecular formula is C33H30ClN3O4S. The number of hydrogen-bond acceptors (Lipinski definition) is 5. The zero-order valence-electron chi connectivity index (χ0n) is 23.3. The summed E-state index contributed by atoms with van der Waals surface area (Å²) in [5, 5.41) is 8.46. The second kappa shape index (κ2) is 14.4. The number of halogens is 1. The predicted molar refractivity (Wildman–Crippen MR) is 170 cm³/mol. The third-order valence-corrected chi connectivity index (χ3v) is 7.50. The summed E-state index contributed by atoms with van der Waals surface area (Å²) in [7, 11) is 1.53. The normalized spacial score (nSPS) is 11.8. The van der Waals surface area contributed by atoms with Crippen molar-refractivity contribution in [2.75, 3.05) is 17.7 Å². The van der Waals surface area contributed by atoms with Crippen LogP contribution in [-0.4, -0.2) is 30.1 Å². The zero-order valence-corrected chi connectivity index (χ0v) is 24.9. The lowest BCUT2D eigenvalue weighted by Crippen LogP contribution is -2.30. The van der Waals surface area contributed by atoms with Crippen molar-refractivity contribution in [1.82, 2.24) is 5.32 Å². The summed E-state index contributed by atoms with van der Waals surface area (Å²) in [5.41, 5.74) is 3.47. The van der Waals surface area contributed by atoms with E-state index in [2.05, 4.69) is 16.0 Å². The van der Waals surface area contributed by atoms with Crippen LogP contribution in [0.1, 0.15) is 28.4 Å². The number of anilines is 2. The van der Waals surface area contributed by atoms with Crippen molar-refractivity contribution >= 4 is 58.5 Å². The molecule has 0 spiro atoms. The Hall–Kier alpha value is -4.53. The number of benzene rings is 4. The zero-order chi connectivity index (χ0) is 30.1. The van der Waals surface area contributed by atoms with Gasteiger partial charge in [-0.1, -0.05) is 59.6 Å². The topological polar surface area (TPSA) is 96.5 Å². The van der Waals surface area contributed by atoms with E-state index in [1.54, 1.807) is 67.6 Å². The fourth-order valence-electron chi connectivity index (χ4n) is 3.93. The molecule has 0 aromatic heterocycles. The number of carbonyl (C=O) groups is 3. The SMILES string of the molecule is COc1ccc(NC(=O)C(C)Sc2ccc(NC(=O)/C(=C/c3cccc(C)c3)NC(=O)c3ccccc3)cc2)cc1Cl. The fraction of sp³-hybridized carbons (Fsp3) is 0.121. The molecule has 4 aromatic rings. The maximum Gasteiger partial charge on any atom is 0.272 e. The van der Waals surface area contributed by atoms with Crippen LogP contribution in [-0.2, 0) is 9.59 Å². The quantitative estimate of drug-likeness (QED) is 0.132. The van der Waals surface area contributed by atoms with Crippen LogP contribution in [0, 0.1) is 6.92 Å². The van der Waals surface area contributed by atoms with Gasteiger partial charge in [-0.25, -0.2) is 0 Å². The van der Waals surface area contributed by atoms with Crippen LogP contribution in [0.2, 0.25) is 5.02 Å². The van der Waals surface area contributed by atoms with E-state index in [4.69, 9.17) is 16.3 Å². The standard InChI is InChI=1S/C33H30ClN3O4S/c1-21-8-7-9-23(18-21)19-29(37-32(39)24-10-5-4-6-11-24)33(40)35-25-12-15-27(16-13-25)42-22(2)31(38)36-26-14-17-30(41-3)28(34)20-26/h4-20,22H,1-3H3,(H,35,40)(H,36,38)(H,37,39)/b29-19-. The average molecular weight is 600 g/mol. The van der Waals surface area contributed by atoms with Gasteiger partial charge in [0.15, 0.2) is 0 Å². The monoisotopic (exact) mass is 599 g/mol. The summed E-state index contributed by atoms with van der Waals surface area (Å²) in [4.78, 5) is 39.7. The maximum atomic E-state index is 13.3. The van der Waals surface area contributed by atoms with E-state index < -0.39 is 11.2 Å². The van der Waals surface area contributed by atoms with Gasteiger partial charge in [0.1, 0.15) is 11.4 Å². The fourth-order valence-corrected chi connectivity index (χ4v) is 5.06. The molecule has 214 valence electrons. The number of ether oxygens (including phenoxy) is 1. The van der Waals surface area contributed by atoms with E-state index in [1.807, 2.05) is 49.4 Å². The van der Waals surface area contributed by atoms with Gasteiger partial charge in [-0.15, -0.1) is 11.8 Å². The van der Waals surface area contributed by atoms with Crippen molar-refractivity contribution in [2.45, 2.75) is 24.0 Å². The first-order valence-electron chi connectivity index (χ1n) is 13.1. The first kappa shape index (κ1) is 30.4. The van der Waals surface area contributed by atoms with Crippen molar-refractivity contribution in [1.29, 1.82) is 0 Å². The van der Waals surface area contributed by atoms with Crippen LogP contribution in [0.15, 0.2) is 108 Å². The molecule has 0 saturated carbocycles. The molecule has 3 amide bonds. The number of amides is 3. The molecule has 0 radical (unpaired) electrons. The molecule has 0 heterocycles. The first-order valence-corrected chi connectivity index (χ1v) is 14.3. The Morgan fingerprint density at radius 1 is 0.857 bits per heavy atom. The lowest BCUT2D eigenvalue weighted by molar-refractivity contribution is -0.115. The molecule has 0 aliphatic heterocycles. The summed E-state index contributed by atoms with van der Waals surface area (Å²) in [6.45, 7) is 3.76. The molecule has 0 fully saturated rings. The third-order valence-electron chi connectivity index (χ3n) is 6.10. The van der Waals surface area contributed by atoms with Crippen molar-refractivity contribution < 1.29 is 19.1 Å². The van der Waals surface area contributed by atoms with Crippen LogP contribution < -0.4 is 20.7 Å². The largest absolute Gasteiger partial charge is 0.495 e. The van der Waals surface area contributed by atoms with Gasteiger partial charge in [0.05, 0.1) is 17.4 Å². The van der Waals surface area contributed by atoms with Crippen molar-refractivity contribution in [3.63, 3.8) is 0 Å². The molecule has 4 rings (SSSR count). The number of thioether (sulfide) groups is 1. The van der Waals surface area contributed by atoms with Crippen LogP contribution >= 0.6 is 23.4 Å². The number of hydrogen-bond donors (Lipinski definition) is 3. The highest BCUT2D eigenvalue weighted by Crippen LogP contribution is 2.29. The molecule has 9 heteroatoms. The van der Waals surface area contributed by atoms with Gasteiger partial charge in [-0.3, -0.25) is 14.4 Å². The number of rotatable bonds is 10. The summed E-state index contributed by atoms with van der Waals surface area (Å²) < 4.78 is 5.15. The van der Waals surface area contributed by atoms with Crippen LogP contribution in [0.5, 0.6) is 5.75 Å². The molecule has 0 bridgehead atoms. The number of aryl methyl sites for hydroxylation is 1. The number of carbonyl (C=O) groups excluding carboxylic acids is 3. The minimum absolute atomic E-state index is 0.108. The maximum absolute atomic E-state index is 13.3. The number of nitrogens with one attached hydrogen (secondary N) is 3. The first-order chi connectivity index (χ1) is 20.2. The average Bonchev–Trinajstić information content (AvgIpc) is 2.98. The molecule has 1 atom stereocenters. The predicted octanol–water partition coefficient (Wildman–Crippen LogP) is 7.19. The van der Waals surface area contributed by atoms with E-state index in [-0.39, 0.29) is 17.5 Å². The van der Waals surface area contributed by atoms with Crippen LogP contribution in [0.3, 0.4) is 0 Å². The van der Waals surface area contributed by atoms with Crippen LogP contribution in [0.4, 0.5) is 11.4 Å². The van der Waals surface area contributed by atoms with Gasteiger partial charge in [-0.2, -0.15) is 0 Å². The lowest BCUT2D eigenvalue weighted by atomic mass is 10.1. The summed E-state index contributed by atoms with van der Waals surface area (Å²) in [5.74, 6) is -0.507. The molecule has 3 N–H and O–H groups in total. The highest BCUT2D eigenvalue weighted by molar-refractivity contribution is 8.00. The van der Waals surface area contributed by atoms with Gasteiger partial charge in [0.2, 0.25) is 5.91 Å². The minimum Gasteiger partial charge on any atom is -0.495 e. The Morgan fingerprint density at radius 3 is 2.24 bits per heavy atom. The third kappa shape index (κ3) is 8.49. The van der Waals surface area contributed by atoms with Crippen molar-refractivity contribution in [3.05, 3.63) is 124 Å². The Kier molecular flexibility index (Phi) is 10.4. The molecule has 7 nitrogen and oxygen atoms in total. The minimum atomic E-state index is -0.466. The second-order valence-corrected chi connectivity index (χ2v) is 11.2. The molecule has 4 aromatic carbocycles. The van der Waals surface area contributed by atoms with Crippen molar-refractivity contribution in [2.24, 2.45) is 0 Å². The van der Waals surface area contributed by atoms with E-state index in [1.165, 1.54) is 18.9 Å². The molecule has 1 unspecified atom stereocenters. The Bertz CT molecular complexity index is 1610. The Morgan fingerprint density at radius 2 is 1.57 bits per heavy atom. The smallest absolute Gasteiger partial charge is 0.272 e. The van der Waals surface area contributed by atoms with Crippen LogP contribution in [0.25, 0.3) is 6.08 Å². The highest BCUT2D eigenvalue weighted by atomic mass is 35.5. The van der Waals surface area contributed by atoms with Gasteiger partial charge < -0.3 is 20.7 Å².